The van der Waals surface area contributed by atoms with E-state index in [9.17, 15) is 47.9 Å². The quantitative estimate of drug-likeness (QED) is 0.0160. The highest BCUT2D eigenvalue weighted by Crippen LogP contribution is 2.35. The number of carbonyl (C=O) groups is 10. The Hall–Kier alpha value is -8.31. The Morgan fingerprint density at radius 2 is 1.45 bits per heavy atom. The molecular weight excluding hydrogens is 1090 g/mol. The molecule has 23 heteroatoms. The Kier molecular flexibility index (Phi) is 24.4. The molecular formula is C62H81N9O14. The fraction of sp³-hybridized carbons (Fsp3) is 0.500. The van der Waals surface area contributed by atoms with Crippen LogP contribution >= 0.6 is 0 Å². The molecule has 6 amide bonds. The van der Waals surface area contributed by atoms with E-state index in [1.165, 1.54) is 11.8 Å². The van der Waals surface area contributed by atoms with Crippen LogP contribution in [-0.4, -0.2) is 154 Å². The summed E-state index contributed by atoms with van der Waals surface area (Å²) in [6, 6.07) is 8.86. The Balaban J connectivity index is 0.000000274. The first-order valence-electron chi connectivity index (χ1n) is 28.8. The number of benzene rings is 1. The van der Waals surface area contributed by atoms with Crippen LogP contribution in [0.5, 0.6) is 5.75 Å². The van der Waals surface area contributed by atoms with E-state index in [-0.39, 0.29) is 130 Å². The van der Waals surface area contributed by atoms with Crippen molar-refractivity contribution >= 4 is 82.0 Å². The van der Waals surface area contributed by atoms with Gasteiger partial charge in [-0.25, -0.2) is 0 Å². The Morgan fingerprint density at radius 1 is 0.753 bits per heavy atom. The zero-order valence-electron chi connectivity index (χ0n) is 50.2. The van der Waals surface area contributed by atoms with E-state index in [2.05, 4.69) is 27.5 Å². The van der Waals surface area contributed by atoms with Gasteiger partial charge in [0.05, 0.1) is 73.3 Å². The van der Waals surface area contributed by atoms with Crippen molar-refractivity contribution < 1.29 is 66.9 Å². The fourth-order valence-electron chi connectivity index (χ4n) is 9.89. The van der Waals surface area contributed by atoms with Gasteiger partial charge in [0, 0.05) is 142 Å². The smallest absolute Gasteiger partial charge is 0.309 e. The highest BCUT2D eigenvalue weighted by Gasteiger charge is 2.36. The van der Waals surface area contributed by atoms with Crippen LogP contribution in [0.2, 0.25) is 0 Å². The normalized spacial score (nSPS) is 15.6. The number of ketones is 3. The Labute approximate surface area is 495 Å². The van der Waals surface area contributed by atoms with Crippen LogP contribution in [0.3, 0.4) is 0 Å². The lowest BCUT2D eigenvalue weighted by Crippen LogP contribution is -2.35. The number of aliphatic imine (C=N–C) groups is 1. The predicted octanol–water partition coefficient (Wildman–Crippen LogP) is 6.49. The molecule has 3 aromatic heterocycles. The van der Waals surface area contributed by atoms with Crippen LogP contribution in [0.25, 0.3) is 0 Å². The monoisotopic (exact) mass is 1180 g/mol. The zero-order chi connectivity index (χ0) is 61.9. The standard InChI is InChI=1S/C31H35N5O4.C31H46N4O10/c1-19-9-24-15-32-26-14-29(20(2)10-25(26)31(39)36(24)16-19)40-8-6-7-30(38)33-23-13-27(35(5)18-23)28(37)12-22-11-21(3)34(4)17-22;1-21-18-28(39)35(30(21)41)11-8-25(37)7-5-12-43-15-16-44-14-9-26(38)17-22(2)31(42)45-13-6-10-32-29(40)27-19-24(20-34(27)4)33-23(3)36/h10-11,13-15,17-18,24H,1,6-9,12,16H2,2-5H3,(H,33,38);19-22H,5-18H2,1-4H3,(H,32,40)(H,33,36)/t24-;21?,22-/m11/s1. The molecule has 458 valence electrons. The molecule has 7 rings (SSSR count). The van der Waals surface area contributed by atoms with Gasteiger partial charge in [-0.15, -0.1) is 0 Å². The van der Waals surface area contributed by atoms with E-state index in [0.29, 0.717) is 98.2 Å². The Morgan fingerprint density at radius 3 is 2.14 bits per heavy atom. The van der Waals surface area contributed by atoms with E-state index >= 15 is 0 Å². The minimum Gasteiger partial charge on any atom is -0.493 e. The summed E-state index contributed by atoms with van der Waals surface area (Å²) in [5.74, 6) is -2.09. The number of amides is 6. The van der Waals surface area contributed by atoms with Crippen molar-refractivity contribution in [3.8, 4) is 5.75 Å². The lowest BCUT2D eigenvalue weighted by atomic mass is 10.0. The summed E-state index contributed by atoms with van der Waals surface area (Å²) in [6.45, 7) is 15.2. The number of carbonyl (C=O) groups excluding carboxylic acids is 10. The number of hydrogen-bond acceptors (Lipinski definition) is 15. The molecule has 4 aromatic rings. The summed E-state index contributed by atoms with van der Waals surface area (Å²) in [5, 5.41) is 8.23. The summed E-state index contributed by atoms with van der Waals surface area (Å²) in [5.41, 5.74) is 7.14. The number of nitrogens with one attached hydrogen (secondary N) is 3. The van der Waals surface area contributed by atoms with E-state index in [4.69, 9.17) is 18.9 Å². The van der Waals surface area contributed by atoms with Crippen molar-refractivity contribution in [1.82, 2.24) is 28.8 Å². The van der Waals surface area contributed by atoms with Gasteiger partial charge in [0.25, 0.3) is 11.8 Å². The number of likely N-dealkylation sites (tertiary alicyclic amines) is 1. The van der Waals surface area contributed by atoms with Gasteiger partial charge in [-0.1, -0.05) is 26.0 Å². The second kappa shape index (κ2) is 31.5. The molecule has 0 saturated carbocycles. The molecule has 3 aliphatic heterocycles. The number of aryl methyl sites for hydroxylation is 5. The second-order valence-electron chi connectivity index (χ2n) is 22.0. The van der Waals surface area contributed by atoms with Crippen LogP contribution < -0.4 is 20.7 Å². The number of esters is 1. The van der Waals surface area contributed by atoms with Gasteiger partial charge in [0.2, 0.25) is 23.6 Å². The highest BCUT2D eigenvalue weighted by atomic mass is 16.5. The molecule has 0 radical (unpaired) electrons. The topological polar surface area (TPSA) is 277 Å². The van der Waals surface area contributed by atoms with Gasteiger partial charge in [0.1, 0.15) is 23.0 Å². The third-order valence-electron chi connectivity index (χ3n) is 14.6. The largest absolute Gasteiger partial charge is 0.493 e. The van der Waals surface area contributed by atoms with Gasteiger partial charge >= 0.3 is 5.97 Å². The highest BCUT2D eigenvalue weighted by molar-refractivity contribution is 6.05. The van der Waals surface area contributed by atoms with E-state index in [0.717, 1.165) is 28.8 Å². The number of fused-ring (bicyclic) bond motifs is 2. The molecule has 3 atom stereocenters. The van der Waals surface area contributed by atoms with E-state index in [1.54, 1.807) is 67.7 Å². The first kappa shape index (κ1) is 65.8. The van der Waals surface area contributed by atoms with Crippen molar-refractivity contribution in [2.75, 3.05) is 69.9 Å². The zero-order valence-corrected chi connectivity index (χ0v) is 50.2. The van der Waals surface area contributed by atoms with Gasteiger partial charge in [-0.3, -0.25) is 57.8 Å². The number of rotatable bonds is 31. The fourth-order valence-corrected chi connectivity index (χ4v) is 9.89. The van der Waals surface area contributed by atoms with Crippen LogP contribution in [0.1, 0.15) is 133 Å². The van der Waals surface area contributed by atoms with Crippen molar-refractivity contribution in [2.24, 2.45) is 38.0 Å². The van der Waals surface area contributed by atoms with Crippen molar-refractivity contribution in [1.29, 1.82) is 0 Å². The molecule has 6 heterocycles. The van der Waals surface area contributed by atoms with Crippen molar-refractivity contribution in [3.05, 3.63) is 94.8 Å². The van der Waals surface area contributed by atoms with Gasteiger partial charge in [0.15, 0.2) is 5.78 Å². The first-order valence-corrected chi connectivity index (χ1v) is 28.8. The van der Waals surface area contributed by atoms with Crippen molar-refractivity contribution in [2.45, 2.75) is 111 Å². The number of Topliss-reactive ketones (excluding diaryl/α,β-unsaturated/α-hetero) is 3. The molecule has 0 bridgehead atoms. The van der Waals surface area contributed by atoms with Gasteiger partial charge in [-0.05, 0) is 74.9 Å². The molecule has 23 nitrogen and oxygen atoms in total. The van der Waals surface area contributed by atoms with Crippen molar-refractivity contribution in [3.63, 3.8) is 0 Å². The number of anilines is 2. The van der Waals surface area contributed by atoms with Crippen LogP contribution in [0.15, 0.2) is 66.1 Å². The lowest BCUT2D eigenvalue weighted by molar-refractivity contribution is -0.149. The number of ether oxygens (including phenoxy) is 4. The Bertz CT molecular complexity index is 3150. The average Bonchev–Trinajstić information content (AvgIpc) is 4.33. The van der Waals surface area contributed by atoms with Crippen LogP contribution in [0.4, 0.5) is 17.1 Å². The predicted molar refractivity (Wildman–Crippen MR) is 317 cm³/mol. The number of hydrogen-bond donors (Lipinski definition) is 3. The van der Waals surface area contributed by atoms with Crippen LogP contribution in [-0.2, 0) is 75.3 Å². The number of aromatic nitrogens is 3. The third kappa shape index (κ3) is 19.6. The van der Waals surface area contributed by atoms with E-state index in [1.807, 2.05) is 54.9 Å². The molecule has 1 unspecified atom stereocenters. The SMILES string of the molecule is C=C1C[C@@H]2C=Nc3cc(OCCCC(=O)Nc4cc(C(=O)Cc5cc(C)n(C)c5)n(C)c4)c(C)cc3C(=O)N2C1.CC(=O)Nc1cc(C(=O)NCCCOC(=O)[C@H](C)CC(=O)CCOCCOCCCC(=O)CCN2C(=O)CC(C)C2=O)n(C)c1. The summed E-state index contributed by atoms with van der Waals surface area (Å²) >= 11 is 0. The maximum atomic E-state index is 13.1. The molecule has 1 aromatic carbocycles. The molecule has 0 aliphatic carbocycles. The molecule has 2 fully saturated rings. The number of nitrogens with zero attached hydrogens (tertiary/aromatic N) is 6. The molecule has 2 saturated heterocycles. The molecule has 3 aliphatic rings. The summed E-state index contributed by atoms with van der Waals surface area (Å²) in [6.07, 6.45) is 10.7. The third-order valence-corrected chi connectivity index (χ3v) is 14.6. The molecule has 0 spiro atoms. The summed E-state index contributed by atoms with van der Waals surface area (Å²) in [4.78, 5) is 130. The maximum absolute atomic E-state index is 13.1. The lowest BCUT2D eigenvalue weighted by Gasteiger charge is -2.20. The molecule has 3 N–H and O–H groups in total. The van der Waals surface area contributed by atoms with Crippen LogP contribution in [0, 0.1) is 25.7 Å². The summed E-state index contributed by atoms with van der Waals surface area (Å²) < 4.78 is 27.4. The van der Waals surface area contributed by atoms with E-state index < -0.39 is 11.9 Å². The second-order valence-corrected chi connectivity index (χ2v) is 22.0. The number of imide groups is 1. The maximum Gasteiger partial charge on any atom is 0.309 e. The van der Waals surface area contributed by atoms with Gasteiger partial charge < -0.3 is 53.5 Å². The minimum atomic E-state index is -0.603. The molecule has 85 heavy (non-hydrogen) atoms. The first-order chi connectivity index (χ1) is 40.5. The minimum absolute atomic E-state index is 0.00462. The average molecular weight is 1180 g/mol. The van der Waals surface area contributed by atoms with Gasteiger partial charge in [-0.2, -0.15) is 0 Å². The summed E-state index contributed by atoms with van der Waals surface area (Å²) in [7, 11) is 5.45.